The van der Waals surface area contributed by atoms with E-state index < -0.39 is 5.82 Å². The number of ketones is 1. The van der Waals surface area contributed by atoms with E-state index in [0.29, 0.717) is 12.1 Å². The summed E-state index contributed by atoms with van der Waals surface area (Å²) in [6.45, 7) is 2.60. The lowest BCUT2D eigenvalue weighted by Gasteiger charge is -2.00. The van der Waals surface area contributed by atoms with Gasteiger partial charge in [0, 0.05) is 18.3 Å². The number of anilines is 1. The molecule has 0 fully saturated rings. The highest BCUT2D eigenvalue weighted by molar-refractivity contribution is 6.08. The molecule has 0 aliphatic heterocycles. The number of nitrogen functional groups attached to an aromatic ring is 1. The topological polar surface area (TPSA) is 60.9 Å². The Bertz CT molecular complexity index is 563. The van der Waals surface area contributed by atoms with Crippen LogP contribution in [0.25, 0.3) is 0 Å². The Labute approximate surface area is 97.9 Å². The number of halogens is 1. The minimum absolute atomic E-state index is 0.0332. The van der Waals surface area contributed by atoms with Gasteiger partial charge in [-0.2, -0.15) is 5.10 Å². The van der Waals surface area contributed by atoms with Crippen LogP contribution in [0.2, 0.25) is 0 Å². The Morgan fingerprint density at radius 3 is 2.82 bits per heavy atom. The van der Waals surface area contributed by atoms with Gasteiger partial charge in [0.1, 0.15) is 5.82 Å². The summed E-state index contributed by atoms with van der Waals surface area (Å²) in [5.74, 6) is -0.845. The number of aromatic nitrogens is 2. The fourth-order valence-electron chi connectivity index (χ4n) is 1.49. The van der Waals surface area contributed by atoms with Crippen LogP contribution >= 0.6 is 0 Å². The predicted octanol–water partition coefficient (Wildman–Crippen LogP) is 1.86. The fraction of sp³-hybridized carbons (Fsp3) is 0.167. The molecule has 2 rings (SSSR count). The van der Waals surface area contributed by atoms with Crippen LogP contribution in [-0.2, 0) is 6.54 Å². The minimum Gasteiger partial charge on any atom is -0.396 e. The van der Waals surface area contributed by atoms with Crippen molar-refractivity contribution in [2.45, 2.75) is 13.5 Å². The molecule has 0 bridgehead atoms. The molecule has 0 spiro atoms. The van der Waals surface area contributed by atoms with Gasteiger partial charge < -0.3 is 5.73 Å². The lowest BCUT2D eigenvalue weighted by molar-refractivity contribution is 0.103. The van der Waals surface area contributed by atoms with E-state index in [1.54, 1.807) is 10.9 Å². The molecule has 17 heavy (non-hydrogen) atoms. The predicted molar refractivity (Wildman–Crippen MR) is 62.1 cm³/mol. The summed E-state index contributed by atoms with van der Waals surface area (Å²) >= 11 is 0. The van der Waals surface area contributed by atoms with E-state index in [1.807, 2.05) is 6.92 Å². The van der Waals surface area contributed by atoms with Gasteiger partial charge >= 0.3 is 0 Å². The van der Waals surface area contributed by atoms with E-state index >= 15 is 0 Å². The van der Waals surface area contributed by atoms with E-state index in [2.05, 4.69) is 5.10 Å². The third kappa shape index (κ3) is 2.18. The van der Waals surface area contributed by atoms with E-state index in [1.165, 1.54) is 18.3 Å². The average Bonchev–Trinajstić information content (AvgIpc) is 2.80. The summed E-state index contributed by atoms with van der Waals surface area (Å²) in [7, 11) is 0. The van der Waals surface area contributed by atoms with Gasteiger partial charge in [-0.1, -0.05) is 0 Å². The Balaban J connectivity index is 2.33. The third-order valence-corrected chi connectivity index (χ3v) is 2.48. The highest BCUT2D eigenvalue weighted by Crippen LogP contribution is 2.15. The van der Waals surface area contributed by atoms with Gasteiger partial charge in [0.2, 0.25) is 0 Å². The van der Waals surface area contributed by atoms with E-state index in [9.17, 15) is 9.18 Å². The van der Waals surface area contributed by atoms with Gasteiger partial charge in [0.05, 0.1) is 17.4 Å². The van der Waals surface area contributed by atoms with Gasteiger partial charge in [-0.3, -0.25) is 9.48 Å². The van der Waals surface area contributed by atoms with Crippen LogP contribution in [-0.4, -0.2) is 15.6 Å². The van der Waals surface area contributed by atoms with Gasteiger partial charge in [0.25, 0.3) is 0 Å². The summed E-state index contributed by atoms with van der Waals surface area (Å²) in [5.41, 5.74) is 6.10. The number of carbonyl (C=O) groups is 1. The van der Waals surface area contributed by atoms with Crippen molar-refractivity contribution in [3.63, 3.8) is 0 Å². The normalized spacial score (nSPS) is 10.5. The molecule has 1 aromatic carbocycles. The number of aryl methyl sites for hydroxylation is 1. The second-order valence-corrected chi connectivity index (χ2v) is 3.65. The molecule has 0 aliphatic carbocycles. The maximum absolute atomic E-state index is 13.2. The van der Waals surface area contributed by atoms with Crippen LogP contribution in [0, 0.1) is 5.82 Å². The van der Waals surface area contributed by atoms with Gasteiger partial charge in [-0.15, -0.1) is 0 Å². The zero-order chi connectivity index (χ0) is 12.4. The van der Waals surface area contributed by atoms with Crippen LogP contribution in [0.15, 0.2) is 30.6 Å². The smallest absolute Gasteiger partial charge is 0.196 e. The number of nitrogens with zero attached hydrogens (tertiary/aromatic N) is 2. The second kappa shape index (κ2) is 4.37. The zero-order valence-electron chi connectivity index (χ0n) is 9.35. The zero-order valence-corrected chi connectivity index (χ0v) is 9.35. The van der Waals surface area contributed by atoms with E-state index in [-0.39, 0.29) is 17.0 Å². The fourth-order valence-corrected chi connectivity index (χ4v) is 1.49. The average molecular weight is 233 g/mol. The molecule has 0 unspecified atom stereocenters. The lowest BCUT2D eigenvalue weighted by atomic mass is 10.1. The quantitative estimate of drug-likeness (QED) is 0.650. The first-order chi connectivity index (χ1) is 8.11. The lowest BCUT2D eigenvalue weighted by Crippen LogP contribution is -2.02. The molecule has 5 heteroatoms. The van der Waals surface area contributed by atoms with Gasteiger partial charge in [-0.05, 0) is 25.1 Å². The highest BCUT2D eigenvalue weighted by Gasteiger charge is 2.12. The van der Waals surface area contributed by atoms with Crippen LogP contribution in [0.3, 0.4) is 0 Å². The molecule has 0 saturated heterocycles. The first kappa shape index (κ1) is 11.3. The third-order valence-electron chi connectivity index (χ3n) is 2.48. The number of nitrogens with two attached hydrogens (primary N) is 1. The number of hydrogen-bond donors (Lipinski definition) is 1. The molecule has 0 saturated carbocycles. The van der Waals surface area contributed by atoms with Crippen molar-refractivity contribution in [3.8, 4) is 0 Å². The van der Waals surface area contributed by atoms with Crippen molar-refractivity contribution in [1.82, 2.24) is 9.78 Å². The molecule has 0 aliphatic rings. The first-order valence-corrected chi connectivity index (χ1v) is 5.24. The molecular weight excluding hydrogens is 221 g/mol. The molecule has 4 nitrogen and oxygen atoms in total. The summed E-state index contributed by atoms with van der Waals surface area (Å²) in [6.07, 6.45) is 3.11. The van der Waals surface area contributed by atoms with Crippen LogP contribution < -0.4 is 5.73 Å². The summed E-state index contributed by atoms with van der Waals surface area (Å²) in [4.78, 5) is 12.0. The number of hydrogen-bond acceptors (Lipinski definition) is 3. The van der Waals surface area contributed by atoms with E-state index in [4.69, 9.17) is 5.73 Å². The number of rotatable bonds is 3. The SMILES string of the molecule is CCn1cc(C(=O)c2ccc(N)c(F)c2)cn1. The van der Waals surface area contributed by atoms with Crippen molar-refractivity contribution in [3.05, 3.63) is 47.5 Å². The molecule has 1 aromatic heterocycles. The highest BCUT2D eigenvalue weighted by atomic mass is 19.1. The number of carbonyl (C=O) groups excluding carboxylic acids is 1. The van der Waals surface area contributed by atoms with Gasteiger partial charge in [-0.25, -0.2) is 4.39 Å². The standard InChI is InChI=1S/C12H12FN3O/c1-2-16-7-9(6-15-16)12(17)8-3-4-11(14)10(13)5-8/h3-7H,2,14H2,1H3. The van der Waals surface area contributed by atoms with Crippen molar-refractivity contribution in [1.29, 1.82) is 0 Å². The molecule has 2 N–H and O–H groups in total. The summed E-state index contributed by atoms with van der Waals surface area (Å²) in [5, 5.41) is 4.00. The Morgan fingerprint density at radius 2 is 2.24 bits per heavy atom. The maximum Gasteiger partial charge on any atom is 0.196 e. The molecule has 2 aromatic rings. The van der Waals surface area contributed by atoms with Crippen molar-refractivity contribution in [2.24, 2.45) is 0 Å². The Kier molecular flexibility index (Phi) is 2.91. The minimum atomic E-state index is -0.585. The molecular formula is C12H12FN3O. The Hall–Kier alpha value is -2.17. The van der Waals surface area contributed by atoms with Gasteiger partial charge in [0.15, 0.2) is 5.78 Å². The molecule has 0 amide bonds. The van der Waals surface area contributed by atoms with Crippen LogP contribution in [0.1, 0.15) is 22.8 Å². The van der Waals surface area contributed by atoms with Crippen LogP contribution in [0.4, 0.5) is 10.1 Å². The monoisotopic (exact) mass is 233 g/mol. The number of benzene rings is 1. The van der Waals surface area contributed by atoms with Crippen molar-refractivity contribution < 1.29 is 9.18 Å². The van der Waals surface area contributed by atoms with Crippen molar-refractivity contribution in [2.75, 3.05) is 5.73 Å². The molecule has 88 valence electrons. The summed E-state index contributed by atoms with van der Waals surface area (Å²) in [6, 6.07) is 4.03. The largest absolute Gasteiger partial charge is 0.396 e. The second-order valence-electron chi connectivity index (χ2n) is 3.65. The molecule has 0 atom stereocenters. The van der Waals surface area contributed by atoms with Crippen molar-refractivity contribution >= 4 is 11.5 Å². The maximum atomic E-state index is 13.2. The first-order valence-electron chi connectivity index (χ1n) is 5.24. The molecule has 0 radical (unpaired) electrons. The Morgan fingerprint density at radius 1 is 1.47 bits per heavy atom. The van der Waals surface area contributed by atoms with Crippen LogP contribution in [0.5, 0.6) is 0 Å². The molecule has 1 heterocycles. The van der Waals surface area contributed by atoms with E-state index in [0.717, 1.165) is 6.07 Å². The summed E-state index contributed by atoms with van der Waals surface area (Å²) < 4.78 is 14.9.